The molecule has 0 bridgehead atoms. The number of rotatable bonds is 6. The first-order valence-corrected chi connectivity index (χ1v) is 6.07. The van der Waals surface area contributed by atoms with E-state index in [4.69, 9.17) is 5.14 Å². The Morgan fingerprint density at radius 1 is 1.27 bits per heavy atom. The Kier molecular flexibility index (Phi) is 5.54. The van der Waals surface area contributed by atoms with Crippen LogP contribution in [0.5, 0.6) is 0 Å². The zero-order valence-electron chi connectivity index (χ0n) is 8.42. The molecule has 92 valence electrons. The Bertz CT molecular complexity index is 276. The second-order valence-corrected chi connectivity index (χ2v) is 5.12. The summed E-state index contributed by atoms with van der Waals surface area (Å²) in [7, 11) is -2.00. The van der Waals surface area contributed by atoms with E-state index >= 15 is 0 Å². The van der Waals surface area contributed by atoms with Crippen LogP contribution in [0.4, 0.5) is 13.2 Å². The van der Waals surface area contributed by atoms with E-state index in [0.717, 1.165) is 0 Å². The van der Waals surface area contributed by atoms with Crippen molar-refractivity contribution >= 4 is 10.0 Å². The summed E-state index contributed by atoms with van der Waals surface area (Å²) in [6.45, 7) is 0.153. The minimum Gasteiger partial charge on any atom is -0.306 e. The van der Waals surface area contributed by atoms with Crippen molar-refractivity contribution in [3.63, 3.8) is 0 Å². The molecule has 0 atom stereocenters. The lowest BCUT2D eigenvalue weighted by Crippen LogP contribution is -2.27. The average molecular weight is 248 g/mol. The van der Waals surface area contributed by atoms with Crippen LogP contribution in [0.25, 0.3) is 0 Å². The summed E-state index contributed by atoms with van der Waals surface area (Å²) in [6, 6.07) is 0. The lowest BCUT2D eigenvalue weighted by atomic mass is 10.3. The number of nitrogens with two attached hydrogens (primary N) is 1. The molecule has 0 spiro atoms. The van der Waals surface area contributed by atoms with E-state index in [-0.39, 0.29) is 25.3 Å². The van der Waals surface area contributed by atoms with Gasteiger partial charge in [0.05, 0.1) is 12.2 Å². The van der Waals surface area contributed by atoms with Gasteiger partial charge in [-0.15, -0.1) is 0 Å². The van der Waals surface area contributed by atoms with Gasteiger partial charge in [0.1, 0.15) is 0 Å². The van der Waals surface area contributed by atoms with Gasteiger partial charge in [-0.3, -0.25) is 0 Å². The first kappa shape index (κ1) is 14.7. The van der Waals surface area contributed by atoms with Gasteiger partial charge in [-0.25, -0.2) is 13.6 Å². The molecular formula is C7H15F3N2O2S. The third-order valence-electron chi connectivity index (χ3n) is 1.75. The van der Waals surface area contributed by atoms with Crippen LogP contribution in [-0.2, 0) is 10.0 Å². The molecule has 0 aliphatic carbocycles. The topological polar surface area (TPSA) is 63.4 Å². The van der Waals surface area contributed by atoms with E-state index in [2.05, 4.69) is 0 Å². The highest BCUT2D eigenvalue weighted by atomic mass is 32.2. The van der Waals surface area contributed by atoms with Crippen molar-refractivity contribution in [2.45, 2.75) is 19.0 Å². The number of hydrogen-bond donors (Lipinski definition) is 1. The van der Waals surface area contributed by atoms with Crippen molar-refractivity contribution in [1.82, 2.24) is 4.90 Å². The molecule has 0 fully saturated rings. The third-order valence-corrected chi connectivity index (χ3v) is 2.60. The molecule has 0 aliphatic heterocycles. The van der Waals surface area contributed by atoms with Gasteiger partial charge in [-0.2, -0.15) is 13.2 Å². The Balaban J connectivity index is 3.63. The summed E-state index contributed by atoms with van der Waals surface area (Å²) < 4.78 is 56.4. The maximum absolute atomic E-state index is 11.8. The summed E-state index contributed by atoms with van der Waals surface area (Å²) in [4.78, 5) is 1.43. The minimum absolute atomic E-state index is 0.131. The van der Waals surface area contributed by atoms with E-state index in [1.165, 1.54) is 11.9 Å². The van der Waals surface area contributed by atoms with E-state index < -0.39 is 22.6 Å². The highest BCUT2D eigenvalue weighted by Gasteiger charge is 2.26. The molecule has 0 aromatic heterocycles. The SMILES string of the molecule is CN(CCCS(N)(=O)=O)CCC(F)(F)F. The maximum atomic E-state index is 11.8. The van der Waals surface area contributed by atoms with Crippen molar-refractivity contribution in [3.05, 3.63) is 0 Å². The molecule has 0 saturated heterocycles. The molecule has 0 saturated carbocycles. The Hall–Kier alpha value is -0.340. The second kappa shape index (κ2) is 5.66. The predicted molar refractivity (Wildman–Crippen MR) is 50.8 cm³/mol. The van der Waals surface area contributed by atoms with Crippen LogP contribution in [0.1, 0.15) is 12.8 Å². The molecular weight excluding hydrogens is 233 g/mol. The minimum atomic E-state index is -4.17. The molecule has 4 nitrogen and oxygen atoms in total. The zero-order chi connectivity index (χ0) is 12.1. The number of primary sulfonamides is 1. The highest BCUT2D eigenvalue weighted by Crippen LogP contribution is 2.19. The number of halogens is 3. The van der Waals surface area contributed by atoms with Crippen molar-refractivity contribution < 1.29 is 21.6 Å². The monoisotopic (exact) mass is 248 g/mol. The number of nitrogens with zero attached hydrogens (tertiary/aromatic N) is 1. The van der Waals surface area contributed by atoms with Gasteiger partial charge in [0.2, 0.25) is 10.0 Å². The fourth-order valence-corrected chi connectivity index (χ4v) is 1.50. The Labute approximate surface area is 87.3 Å². The lowest BCUT2D eigenvalue weighted by Gasteiger charge is -2.16. The Morgan fingerprint density at radius 3 is 2.20 bits per heavy atom. The van der Waals surface area contributed by atoms with Gasteiger partial charge in [0.15, 0.2) is 0 Å². The first-order chi connectivity index (χ1) is 6.60. The molecule has 0 amide bonds. The zero-order valence-corrected chi connectivity index (χ0v) is 9.24. The van der Waals surface area contributed by atoms with Crippen LogP contribution in [0.3, 0.4) is 0 Å². The molecule has 8 heteroatoms. The maximum Gasteiger partial charge on any atom is 0.390 e. The van der Waals surface area contributed by atoms with E-state index in [1.54, 1.807) is 0 Å². The number of hydrogen-bond acceptors (Lipinski definition) is 3. The molecule has 15 heavy (non-hydrogen) atoms. The molecule has 0 heterocycles. The van der Waals surface area contributed by atoms with Gasteiger partial charge >= 0.3 is 6.18 Å². The fraction of sp³-hybridized carbons (Fsp3) is 1.00. The van der Waals surface area contributed by atoms with Gasteiger partial charge in [-0.1, -0.05) is 0 Å². The van der Waals surface area contributed by atoms with E-state index in [0.29, 0.717) is 0 Å². The predicted octanol–water partition coefficient (Wildman–Crippen LogP) is 0.549. The molecule has 0 rings (SSSR count). The van der Waals surface area contributed by atoms with Crippen molar-refractivity contribution in [2.75, 3.05) is 25.9 Å². The first-order valence-electron chi connectivity index (χ1n) is 4.36. The number of alkyl halides is 3. The van der Waals surface area contributed by atoms with Crippen LogP contribution < -0.4 is 5.14 Å². The fourth-order valence-electron chi connectivity index (χ4n) is 0.965. The third kappa shape index (κ3) is 11.6. The molecule has 0 aromatic rings. The molecule has 0 aliphatic rings. The van der Waals surface area contributed by atoms with Gasteiger partial charge in [0.25, 0.3) is 0 Å². The average Bonchev–Trinajstić information content (AvgIpc) is 1.97. The van der Waals surface area contributed by atoms with Crippen LogP contribution in [0, 0.1) is 0 Å². The van der Waals surface area contributed by atoms with Crippen molar-refractivity contribution in [1.29, 1.82) is 0 Å². The molecule has 0 aromatic carbocycles. The standard InChI is InChI=1S/C7H15F3N2O2S/c1-12(5-3-7(8,9)10)4-2-6-15(11,13)14/h2-6H2,1H3,(H2,11,13,14). The number of sulfonamides is 1. The van der Waals surface area contributed by atoms with Crippen molar-refractivity contribution in [2.24, 2.45) is 5.14 Å². The smallest absolute Gasteiger partial charge is 0.306 e. The lowest BCUT2D eigenvalue weighted by molar-refractivity contribution is -0.137. The van der Waals surface area contributed by atoms with E-state index in [9.17, 15) is 21.6 Å². The van der Waals surface area contributed by atoms with Gasteiger partial charge in [-0.05, 0) is 20.0 Å². The molecule has 0 unspecified atom stereocenters. The highest BCUT2D eigenvalue weighted by molar-refractivity contribution is 7.89. The summed E-state index contributed by atoms with van der Waals surface area (Å²) in [5.41, 5.74) is 0. The van der Waals surface area contributed by atoms with Gasteiger partial charge in [0, 0.05) is 6.54 Å². The summed E-state index contributed by atoms with van der Waals surface area (Å²) in [5, 5.41) is 4.74. The van der Waals surface area contributed by atoms with Crippen LogP contribution in [-0.4, -0.2) is 45.4 Å². The summed E-state index contributed by atoms with van der Waals surface area (Å²) in [5.74, 6) is -0.205. The largest absolute Gasteiger partial charge is 0.390 e. The summed E-state index contributed by atoms with van der Waals surface area (Å²) >= 11 is 0. The van der Waals surface area contributed by atoms with Gasteiger partial charge < -0.3 is 4.90 Å². The molecule has 0 radical (unpaired) electrons. The van der Waals surface area contributed by atoms with Crippen LogP contribution >= 0.6 is 0 Å². The van der Waals surface area contributed by atoms with Crippen LogP contribution in [0.15, 0.2) is 0 Å². The normalized spacial score (nSPS) is 13.5. The quantitative estimate of drug-likeness (QED) is 0.746. The van der Waals surface area contributed by atoms with Crippen LogP contribution in [0.2, 0.25) is 0 Å². The summed E-state index contributed by atoms with van der Waals surface area (Å²) in [6.07, 6.45) is -4.82. The Morgan fingerprint density at radius 2 is 1.80 bits per heavy atom. The van der Waals surface area contributed by atoms with E-state index in [1.807, 2.05) is 0 Å². The second-order valence-electron chi connectivity index (χ2n) is 3.39. The molecule has 2 N–H and O–H groups in total. The van der Waals surface area contributed by atoms with Crippen molar-refractivity contribution in [3.8, 4) is 0 Å².